The van der Waals surface area contributed by atoms with Gasteiger partial charge in [0.15, 0.2) is 0 Å². The average molecular weight is 441 g/mol. The standard InChI is InChI=1S/C19H25ClN4O2S2/c1-19(2,3)17-23-24(10-12-6-8-15(27)21-12)18(28-17)22-16(25)13-9-11(20)5-7-14(13)26-4/h5,7,9,12,15,21,27H,6,8,10H2,1-4H3/t12-,15-/m1/s1. The monoisotopic (exact) mass is 440 g/mol. The van der Waals surface area contributed by atoms with Crippen LogP contribution in [0.25, 0.3) is 0 Å². The zero-order valence-electron chi connectivity index (χ0n) is 16.4. The van der Waals surface area contributed by atoms with Gasteiger partial charge in [0.1, 0.15) is 10.8 Å². The van der Waals surface area contributed by atoms with Crippen LogP contribution in [0.3, 0.4) is 0 Å². The number of nitrogens with one attached hydrogen (secondary N) is 1. The summed E-state index contributed by atoms with van der Waals surface area (Å²) in [5, 5.41) is 9.76. The first-order chi connectivity index (χ1) is 13.2. The molecule has 0 unspecified atom stereocenters. The van der Waals surface area contributed by atoms with Crippen LogP contribution in [0.2, 0.25) is 5.02 Å². The predicted molar refractivity (Wildman–Crippen MR) is 116 cm³/mol. The number of ether oxygens (including phenoxy) is 1. The van der Waals surface area contributed by atoms with Crippen molar-refractivity contribution in [2.45, 2.75) is 57.0 Å². The first-order valence-electron chi connectivity index (χ1n) is 9.12. The van der Waals surface area contributed by atoms with Crippen LogP contribution in [-0.4, -0.2) is 34.2 Å². The summed E-state index contributed by atoms with van der Waals surface area (Å²) in [6.07, 6.45) is 2.02. The number of aromatic nitrogens is 2. The van der Waals surface area contributed by atoms with Gasteiger partial charge in [-0.2, -0.15) is 22.7 Å². The van der Waals surface area contributed by atoms with E-state index in [0.717, 1.165) is 17.8 Å². The van der Waals surface area contributed by atoms with Crippen LogP contribution < -0.4 is 14.9 Å². The number of hydrogen-bond donors (Lipinski definition) is 2. The van der Waals surface area contributed by atoms with Crippen molar-refractivity contribution in [1.29, 1.82) is 0 Å². The number of hydrogen-bond acceptors (Lipinski definition) is 6. The highest BCUT2D eigenvalue weighted by Crippen LogP contribution is 2.25. The molecule has 1 aliphatic rings. The predicted octanol–water partition coefficient (Wildman–Crippen LogP) is 3.65. The molecular weight excluding hydrogens is 416 g/mol. The highest BCUT2D eigenvalue weighted by atomic mass is 35.5. The molecule has 9 heteroatoms. The third kappa shape index (κ3) is 4.97. The van der Waals surface area contributed by atoms with Crippen LogP contribution >= 0.6 is 35.6 Å². The number of amides is 1. The summed E-state index contributed by atoms with van der Waals surface area (Å²) in [5.74, 6) is 0.0456. The lowest BCUT2D eigenvalue weighted by molar-refractivity contribution is 0.0994. The van der Waals surface area contributed by atoms with E-state index in [1.165, 1.54) is 18.4 Å². The number of carbonyl (C=O) groups excluding carboxylic acids is 1. The Hall–Kier alpha value is -1.35. The SMILES string of the molecule is COc1ccc(Cl)cc1C(=O)N=c1sc(C(C)(C)C)nn1C[C@H]1CC[C@@H](S)N1. The normalized spacial score (nSPS) is 20.6. The van der Waals surface area contributed by atoms with Gasteiger partial charge in [-0.3, -0.25) is 4.79 Å². The van der Waals surface area contributed by atoms with E-state index in [1.807, 2.05) is 4.68 Å². The van der Waals surface area contributed by atoms with Crippen LogP contribution in [0.15, 0.2) is 23.2 Å². The van der Waals surface area contributed by atoms with Crippen LogP contribution in [0.4, 0.5) is 0 Å². The summed E-state index contributed by atoms with van der Waals surface area (Å²) in [6.45, 7) is 6.93. The molecule has 28 heavy (non-hydrogen) atoms. The lowest BCUT2D eigenvalue weighted by Crippen LogP contribution is -2.34. The lowest BCUT2D eigenvalue weighted by atomic mass is 9.98. The Morgan fingerprint density at radius 1 is 1.46 bits per heavy atom. The Bertz CT molecular complexity index is 933. The Morgan fingerprint density at radius 3 is 2.82 bits per heavy atom. The Balaban J connectivity index is 2.00. The average Bonchev–Trinajstić information content (AvgIpc) is 3.21. The number of thiol groups is 1. The fourth-order valence-corrected chi connectivity index (χ4v) is 4.46. The maximum absolute atomic E-state index is 12.9. The Kier molecular flexibility index (Phi) is 6.54. The van der Waals surface area contributed by atoms with Crippen LogP contribution in [0.1, 0.15) is 49.0 Å². The van der Waals surface area contributed by atoms with Gasteiger partial charge in [0.2, 0.25) is 4.80 Å². The van der Waals surface area contributed by atoms with E-state index in [-0.39, 0.29) is 16.8 Å². The summed E-state index contributed by atoms with van der Waals surface area (Å²) >= 11 is 12.0. The van der Waals surface area contributed by atoms with Crippen molar-refractivity contribution in [2.75, 3.05) is 7.11 Å². The number of nitrogens with zero attached hydrogens (tertiary/aromatic N) is 3. The van der Waals surface area contributed by atoms with Crippen LogP contribution in [0.5, 0.6) is 5.75 Å². The van der Waals surface area contributed by atoms with Crippen molar-refractivity contribution in [2.24, 2.45) is 4.99 Å². The molecule has 6 nitrogen and oxygen atoms in total. The number of carbonyl (C=O) groups is 1. The van der Waals surface area contributed by atoms with Crippen molar-refractivity contribution < 1.29 is 9.53 Å². The lowest BCUT2D eigenvalue weighted by Gasteiger charge is -2.14. The minimum absolute atomic E-state index is 0.133. The van der Waals surface area contributed by atoms with Crippen molar-refractivity contribution in [3.8, 4) is 5.75 Å². The third-order valence-electron chi connectivity index (χ3n) is 4.46. The molecule has 0 saturated carbocycles. The minimum Gasteiger partial charge on any atom is -0.496 e. The van der Waals surface area contributed by atoms with Crippen molar-refractivity contribution in [3.63, 3.8) is 0 Å². The maximum Gasteiger partial charge on any atom is 0.283 e. The maximum atomic E-state index is 12.9. The molecular formula is C19H25ClN4O2S2. The van der Waals surface area contributed by atoms with Gasteiger partial charge in [-0.15, -0.1) is 0 Å². The molecule has 0 radical (unpaired) electrons. The highest BCUT2D eigenvalue weighted by Gasteiger charge is 2.25. The van der Waals surface area contributed by atoms with Gasteiger partial charge in [-0.1, -0.05) is 43.7 Å². The van der Waals surface area contributed by atoms with Gasteiger partial charge in [-0.05, 0) is 31.0 Å². The molecule has 0 aliphatic carbocycles. The fourth-order valence-electron chi connectivity index (χ4n) is 2.96. The second-order valence-electron chi connectivity index (χ2n) is 7.84. The molecule has 1 aliphatic heterocycles. The van der Waals surface area contributed by atoms with E-state index in [0.29, 0.717) is 27.7 Å². The second kappa shape index (κ2) is 8.57. The van der Waals surface area contributed by atoms with E-state index >= 15 is 0 Å². The summed E-state index contributed by atoms with van der Waals surface area (Å²) in [5.41, 5.74) is 0.202. The quantitative estimate of drug-likeness (QED) is 0.712. The second-order valence-corrected chi connectivity index (χ2v) is 9.86. The van der Waals surface area contributed by atoms with E-state index in [2.05, 4.69) is 43.7 Å². The largest absolute Gasteiger partial charge is 0.496 e. The molecule has 2 heterocycles. The molecule has 3 rings (SSSR count). The molecule has 0 bridgehead atoms. The Labute approximate surface area is 179 Å². The zero-order chi connectivity index (χ0) is 20.5. The van der Waals surface area contributed by atoms with Crippen LogP contribution in [0, 0.1) is 0 Å². The van der Waals surface area contributed by atoms with E-state index in [4.69, 9.17) is 21.4 Å². The van der Waals surface area contributed by atoms with E-state index in [9.17, 15) is 4.79 Å². The first-order valence-corrected chi connectivity index (χ1v) is 10.8. The zero-order valence-corrected chi connectivity index (χ0v) is 18.9. The molecule has 0 spiro atoms. The van der Waals surface area contributed by atoms with Gasteiger partial charge >= 0.3 is 0 Å². The molecule has 1 aromatic heterocycles. The van der Waals surface area contributed by atoms with Gasteiger partial charge in [-0.25, -0.2) is 4.68 Å². The molecule has 2 atom stereocenters. The molecule has 2 aromatic rings. The topological polar surface area (TPSA) is 68.5 Å². The summed E-state index contributed by atoms with van der Waals surface area (Å²) < 4.78 is 7.11. The highest BCUT2D eigenvalue weighted by molar-refractivity contribution is 7.80. The smallest absolute Gasteiger partial charge is 0.283 e. The summed E-state index contributed by atoms with van der Waals surface area (Å²) in [6, 6.07) is 5.18. The number of methoxy groups -OCH3 is 1. The first kappa shape index (κ1) is 21.4. The number of benzene rings is 1. The van der Waals surface area contributed by atoms with Crippen molar-refractivity contribution in [3.05, 3.63) is 38.6 Å². The number of rotatable bonds is 4. The number of halogens is 1. The summed E-state index contributed by atoms with van der Waals surface area (Å²) in [7, 11) is 1.52. The third-order valence-corrected chi connectivity index (χ3v) is 6.48. The van der Waals surface area contributed by atoms with Crippen LogP contribution in [-0.2, 0) is 12.0 Å². The summed E-state index contributed by atoms with van der Waals surface area (Å²) in [4.78, 5) is 17.8. The molecule has 152 valence electrons. The molecule has 1 amide bonds. The Morgan fingerprint density at radius 2 is 2.21 bits per heavy atom. The molecule has 1 fully saturated rings. The molecule has 1 saturated heterocycles. The van der Waals surface area contributed by atoms with E-state index < -0.39 is 5.91 Å². The van der Waals surface area contributed by atoms with Crippen molar-refractivity contribution >= 4 is 41.5 Å². The van der Waals surface area contributed by atoms with Gasteiger partial charge in [0.05, 0.1) is 24.6 Å². The molecule has 1 N–H and O–H groups in total. The van der Waals surface area contributed by atoms with Gasteiger partial charge < -0.3 is 10.1 Å². The minimum atomic E-state index is -0.399. The molecule has 1 aromatic carbocycles. The fraction of sp³-hybridized carbons (Fsp3) is 0.526. The van der Waals surface area contributed by atoms with Gasteiger partial charge in [0.25, 0.3) is 5.91 Å². The van der Waals surface area contributed by atoms with Crippen molar-refractivity contribution in [1.82, 2.24) is 15.1 Å². The van der Waals surface area contributed by atoms with Gasteiger partial charge in [0, 0.05) is 16.5 Å². The van der Waals surface area contributed by atoms with E-state index in [1.54, 1.807) is 18.2 Å².